The molecule has 0 spiro atoms. The summed E-state index contributed by atoms with van der Waals surface area (Å²) in [5.41, 5.74) is -0.630. The van der Waals surface area contributed by atoms with Crippen LogP contribution in [0.1, 0.15) is 22.3 Å². The number of rotatable bonds is 6. The van der Waals surface area contributed by atoms with Crippen molar-refractivity contribution in [3.8, 4) is 0 Å². The van der Waals surface area contributed by atoms with Crippen LogP contribution in [-0.4, -0.2) is 59.3 Å². The zero-order chi connectivity index (χ0) is 25.5. The van der Waals surface area contributed by atoms with E-state index in [1.54, 1.807) is 23.2 Å². The first-order valence-corrected chi connectivity index (χ1v) is 12.3. The van der Waals surface area contributed by atoms with Gasteiger partial charge in [0.2, 0.25) is 5.91 Å². The normalized spacial score (nSPS) is 14.8. The highest BCUT2D eigenvalue weighted by Gasteiger charge is 2.33. The Hall–Kier alpha value is -3.37. The lowest BCUT2D eigenvalue weighted by molar-refractivity contribution is -0.137. The lowest BCUT2D eigenvalue weighted by Gasteiger charge is -2.22. The van der Waals surface area contributed by atoms with E-state index in [2.05, 4.69) is 10.3 Å². The van der Waals surface area contributed by atoms with Crippen molar-refractivity contribution in [1.82, 2.24) is 14.8 Å². The highest BCUT2D eigenvalue weighted by molar-refractivity contribution is 7.99. The summed E-state index contributed by atoms with van der Waals surface area (Å²) in [7, 11) is 0. The molecule has 3 aromatic rings. The van der Waals surface area contributed by atoms with Crippen LogP contribution in [0.4, 0.5) is 18.9 Å². The predicted molar refractivity (Wildman–Crippen MR) is 132 cm³/mol. The van der Waals surface area contributed by atoms with E-state index in [9.17, 15) is 22.8 Å². The average Bonchev–Trinajstić information content (AvgIpc) is 3.10. The summed E-state index contributed by atoms with van der Waals surface area (Å²) in [4.78, 5) is 34.8. The van der Waals surface area contributed by atoms with Crippen LogP contribution in [-0.2, 0) is 11.0 Å². The first-order chi connectivity index (χ1) is 17.3. The lowest BCUT2D eigenvalue weighted by Crippen LogP contribution is -2.38. The molecule has 36 heavy (non-hydrogen) atoms. The van der Waals surface area contributed by atoms with Crippen molar-refractivity contribution in [1.29, 1.82) is 0 Å². The maximum absolute atomic E-state index is 13.3. The van der Waals surface area contributed by atoms with Gasteiger partial charge in [0, 0.05) is 37.3 Å². The van der Waals surface area contributed by atoms with Crippen molar-refractivity contribution in [2.24, 2.45) is 0 Å². The minimum atomic E-state index is -4.56. The Morgan fingerprint density at radius 3 is 2.44 bits per heavy atom. The summed E-state index contributed by atoms with van der Waals surface area (Å²) in [6.45, 7) is 1.84. The van der Waals surface area contributed by atoms with Crippen LogP contribution in [0.25, 0.3) is 0 Å². The predicted octanol–water partition coefficient (Wildman–Crippen LogP) is 5.04. The number of carbonyl (C=O) groups excluding carboxylic acids is 2. The third-order valence-corrected chi connectivity index (χ3v) is 6.74. The molecule has 188 valence electrons. The molecule has 1 aromatic heterocycles. The molecule has 2 amide bonds. The number of pyridine rings is 1. The standard InChI is InChI=1S/C26H25F3N4O2S/c27-26(28,29)21-11-4-5-12-22(21)31-23(34)18-32-14-7-15-33(17-16-32)25(35)20-10-6-13-30-24(20)36-19-8-2-1-3-9-19/h1-6,8-13H,7,14-18H2,(H,31,34). The molecule has 1 fully saturated rings. The van der Waals surface area contributed by atoms with Gasteiger partial charge in [-0.1, -0.05) is 42.1 Å². The van der Waals surface area contributed by atoms with Crippen LogP contribution in [0.2, 0.25) is 0 Å². The molecule has 0 atom stereocenters. The molecule has 6 nitrogen and oxygen atoms in total. The fourth-order valence-electron chi connectivity index (χ4n) is 3.97. The van der Waals surface area contributed by atoms with Crippen molar-refractivity contribution < 1.29 is 22.8 Å². The lowest BCUT2D eigenvalue weighted by atomic mass is 10.1. The number of alkyl halides is 3. The molecule has 0 saturated carbocycles. The van der Waals surface area contributed by atoms with Gasteiger partial charge in [0.1, 0.15) is 5.03 Å². The highest BCUT2D eigenvalue weighted by atomic mass is 32.2. The van der Waals surface area contributed by atoms with E-state index in [4.69, 9.17) is 0 Å². The molecule has 0 bridgehead atoms. The van der Waals surface area contributed by atoms with Gasteiger partial charge >= 0.3 is 6.18 Å². The van der Waals surface area contributed by atoms with E-state index in [0.29, 0.717) is 43.2 Å². The van der Waals surface area contributed by atoms with Gasteiger partial charge in [0.05, 0.1) is 23.4 Å². The number of nitrogens with zero attached hydrogens (tertiary/aromatic N) is 3. The zero-order valence-corrected chi connectivity index (χ0v) is 20.2. The number of aromatic nitrogens is 1. The van der Waals surface area contributed by atoms with Crippen molar-refractivity contribution in [3.63, 3.8) is 0 Å². The van der Waals surface area contributed by atoms with Crippen LogP contribution >= 0.6 is 11.8 Å². The number of nitrogens with one attached hydrogen (secondary N) is 1. The number of halogens is 3. The van der Waals surface area contributed by atoms with Crippen LogP contribution in [0, 0.1) is 0 Å². The Morgan fingerprint density at radius 2 is 1.67 bits per heavy atom. The first kappa shape index (κ1) is 25.7. The third-order valence-electron chi connectivity index (χ3n) is 5.71. The maximum Gasteiger partial charge on any atom is 0.418 e. The maximum atomic E-state index is 13.3. The summed E-state index contributed by atoms with van der Waals surface area (Å²) in [5.74, 6) is -0.660. The number of hydrogen-bond acceptors (Lipinski definition) is 5. The van der Waals surface area contributed by atoms with E-state index < -0.39 is 17.6 Å². The second kappa shape index (κ2) is 11.6. The van der Waals surface area contributed by atoms with Crippen LogP contribution in [0.5, 0.6) is 0 Å². The molecule has 10 heteroatoms. The minimum absolute atomic E-state index is 0.0593. The summed E-state index contributed by atoms with van der Waals surface area (Å²) in [5, 5.41) is 3.01. The molecule has 1 N–H and O–H groups in total. The third kappa shape index (κ3) is 6.64. The summed E-state index contributed by atoms with van der Waals surface area (Å²) in [6, 6.07) is 18.1. The Morgan fingerprint density at radius 1 is 0.917 bits per heavy atom. The second-order valence-electron chi connectivity index (χ2n) is 8.28. The summed E-state index contributed by atoms with van der Waals surface area (Å²) in [6.07, 6.45) is -2.27. The van der Waals surface area contributed by atoms with Gasteiger partial charge in [0.15, 0.2) is 0 Å². The molecule has 1 aliphatic heterocycles. The van der Waals surface area contributed by atoms with E-state index in [-0.39, 0.29) is 18.1 Å². The fourth-order valence-corrected chi connectivity index (χ4v) is 4.87. The van der Waals surface area contributed by atoms with E-state index >= 15 is 0 Å². The molecule has 0 unspecified atom stereocenters. The number of amides is 2. The van der Waals surface area contributed by atoms with Crippen molar-refractivity contribution in [2.75, 3.05) is 38.0 Å². The molecule has 0 aliphatic carbocycles. The molecule has 4 rings (SSSR count). The first-order valence-electron chi connectivity index (χ1n) is 11.5. The Labute approximate surface area is 211 Å². The van der Waals surface area contributed by atoms with Gasteiger partial charge in [-0.25, -0.2) is 4.98 Å². The Bertz CT molecular complexity index is 1210. The second-order valence-corrected chi connectivity index (χ2v) is 9.35. The minimum Gasteiger partial charge on any atom is -0.337 e. The largest absolute Gasteiger partial charge is 0.418 e. The fraction of sp³-hybridized carbons (Fsp3) is 0.269. The molecular weight excluding hydrogens is 489 g/mol. The van der Waals surface area contributed by atoms with Crippen LogP contribution in [0.15, 0.2) is 82.8 Å². The topological polar surface area (TPSA) is 65.5 Å². The van der Waals surface area contributed by atoms with E-state index in [1.807, 2.05) is 35.2 Å². The number of para-hydroxylation sites is 1. The van der Waals surface area contributed by atoms with Crippen molar-refractivity contribution in [2.45, 2.75) is 22.5 Å². The van der Waals surface area contributed by atoms with Crippen LogP contribution in [0.3, 0.4) is 0 Å². The number of hydrogen-bond donors (Lipinski definition) is 1. The summed E-state index contributed by atoms with van der Waals surface area (Å²) < 4.78 is 39.6. The van der Waals surface area contributed by atoms with Crippen LogP contribution < -0.4 is 5.32 Å². The molecule has 1 aliphatic rings. The number of carbonyl (C=O) groups is 2. The van der Waals surface area contributed by atoms with E-state index in [0.717, 1.165) is 11.0 Å². The van der Waals surface area contributed by atoms with Gasteiger partial charge < -0.3 is 10.2 Å². The van der Waals surface area contributed by atoms with Gasteiger partial charge in [0.25, 0.3) is 5.91 Å². The smallest absolute Gasteiger partial charge is 0.337 e. The van der Waals surface area contributed by atoms with E-state index in [1.165, 1.54) is 30.0 Å². The van der Waals surface area contributed by atoms with Crippen molar-refractivity contribution >= 4 is 29.3 Å². The number of anilines is 1. The Balaban J connectivity index is 1.37. The SMILES string of the molecule is O=C(CN1CCCN(C(=O)c2cccnc2Sc2ccccc2)CC1)Nc1ccccc1C(F)(F)F. The average molecular weight is 515 g/mol. The molecular formula is C26H25F3N4O2S. The Kier molecular flexibility index (Phi) is 8.27. The van der Waals surface area contributed by atoms with Gasteiger partial charge in [-0.2, -0.15) is 13.2 Å². The van der Waals surface area contributed by atoms with Gasteiger partial charge in [-0.3, -0.25) is 14.5 Å². The van der Waals surface area contributed by atoms with Gasteiger partial charge in [-0.05, 0) is 42.8 Å². The van der Waals surface area contributed by atoms with Crippen molar-refractivity contribution in [3.05, 3.63) is 84.1 Å². The quantitative estimate of drug-likeness (QED) is 0.500. The molecule has 2 aromatic carbocycles. The molecule has 0 radical (unpaired) electrons. The zero-order valence-electron chi connectivity index (χ0n) is 19.4. The van der Waals surface area contributed by atoms with Gasteiger partial charge in [-0.15, -0.1) is 0 Å². The summed E-state index contributed by atoms with van der Waals surface area (Å²) >= 11 is 1.42. The molecule has 2 heterocycles. The molecule has 1 saturated heterocycles. The monoisotopic (exact) mass is 514 g/mol. The highest BCUT2D eigenvalue weighted by Crippen LogP contribution is 2.34. The number of benzene rings is 2.